The van der Waals surface area contributed by atoms with Gasteiger partial charge in [0.15, 0.2) is 0 Å². The summed E-state index contributed by atoms with van der Waals surface area (Å²) >= 11 is 18.3. The first kappa shape index (κ1) is 15.7. The van der Waals surface area contributed by atoms with E-state index in [4.69, 9.17) is 34.8 Å². The third kappa shape index (κ3) is 3.10. The summed E-state index contributed by atoms with van der Waals surface area (Å²) in [4.78, 5) is 14.3. The predicted octanol–water partition coefficient (Wildman–Crippen LogP) is 5.91. The normalized spacial score (nSPS) is 18.6. The number of nitrogens with zero attached hydrogens (tertiary/aromatic N) is 1. The maximum atomic E-state index is 12.5. The molecule has 1 aliphatic heterocycles. The maximum Gasteiger partial charge on any atom is 0.227 e. The summed E-state index contributed by atoms with van der Waals surface area (Å²) in [6.45, 7) is 0. The second-order valence-electron chi connectivity index (χ2n) is 5.31. The quantitative estimate of drug-likeness (QED) is 0.657. The molecule has 2 aromatic carbocycles. The SMILES string of the molecule is O=C1CCC[C@H](c2ccc(Cl)cc2Cl)N1c1ccc(Cl)cc1. The van der Waals surface area contributed by atoms with Crippen LogP contribution in [0.25, 0.3) is 0 Å². The summed E-state index contributed by atoms with van der Waals surface area (Å²) in [5.74, 6) is 0.101. The number of hydrogen-bond acceptors (Lipinski definition) is 1. The number of benzene rings is 2. The minimum atomic E-state index is -0.0767. The van der Waals surface area contributed by atoms with Crippen LogP contribution in [0.2, 0.25) is 15.1 Å². The Morgan fingerprint density at radius 2 is 1.64 bits per heavy atom. The minimum Gasteiger partial charge on any atom is -0.305 e. The van der Waals surface area contributed by atoms with Gasteiger partial charge in [0.2, 0.25) is 5.91 Å². The van der Waals surface area contributed by atoms with Crippen LogP contribution in [-0.4, -0.2) is 5.91 Å². The largest absolute Gasteiger partial charge is 0.305 e. The third-order valence-electron chi connectivity index (χ3n) is 3.87. The average molecular weight is 355 g/mol. The van der Waals surface area contributed by atoms with Crippen LogP contribution in [0.1, 0.15) is 30.9 Å². The van der Waals surface area contributed by atoms with E-state index in [9.17, 15) is 4.79 Å². The van der Waals surface area contributed by atoms with Crippen LogP contribution in [0.5, 0.6) is 0 Å². The van der Waals surface area contributed by atoms with Gasteiger partial charge in [-0.3, -0.25) is 4.79 Å². The van der Waals surface area contributed by atoms with Crippen molar-refractivity contribution in [2.24, 2.45) is 0 Å². The van der Waals surface area contributed by atoms with Gasteiger partial charge in [0, 0.05) is 27.2 Å². The van der Waals surface area contributed by atoms with Gasteiger partial charge in [-0.05, 0) is 54.8 Å². The van der Waals surface area contributed by atoms with E-state index in [-0.39, 0.29) is 11.9 Å². The molecule has 0 aliphatic carbocycles. The monoisotopic (exact) mass is 353 g/mol. The minimum absolute atomic E-state index is 0.0767. The van der Waals surface area contributed by atoms with E-state index in [1.54, 1.807) is 18.2 Å². The smallest absolute Gasteiger partial charge is 0.227 e. The average Bonchev–Trinajstić information content (AvgIpc) is 2.48. The molecule has 114 valence electrons. The van der Waals surface area contributed by atoms with E-state index >= 15 is 0 Å². The Morgan fingerprint density at radius 3 is 2.32 bits per heavy atom. The van der Waals surface area contributed by atoms with Crippen molar-refractivity contribution >= 4 is 46.4 Å². The number of carbonyl (C=O) groups is 1. The lowest BCUT2D eigenvalue weighted by molar-refractivity contribution is -0.120. The molecule has 5 heteroatoms. The Labute approximate surface area is 144 Å². The zero-order chi connectivity index (χ0) is 15.7. The van der Waals surface area contributed by atoms with Gasteiger partial charge in [-0.2, -0.15) is 0 Å². The summed E-state index contributed by atoms with van der Waals surface area (Å²) in [6.07, 6.45) is 2.27. The van der Waals surface area contributed by atoms with Crippen LogP contribution < -0.4 is 4.90 Å². The second kappa shape index (κ2) is 6.49. The van der Waals surface area contributed by atoms with Gasteiger partial charge >= 0.3 is 0 Å². The molecule has 1 amide bonds. The fourth-order valence-electron chi connectivity index (χ4n) is 2.86. The molecule has 2 nitrogen and oxygen atoms in total. The van der Waals surface area contributed by atoms with Crippen molar-refractivity contribution in [3.05, 3.63) is 63.1 Å². The number of hydrogen-bond donors (Lipinski definition) is 0. The lowest BCUT2D eigenvalue weighted by Gasteiger charge is -2.36. The van der Waals surface area contributed by atoms with Gasteiger partial charge < -0.3 is 4.90 Å². The highest BCUT2D eigenvalue weighted by Crippen LogP contribution is 2.39. The predicted molar refractivity (Wildman–Crippen MR) is 92.0 cm³/mol. The van der Waals surface area contributed by atoms with Gasteiger partial charge in [-0.1, -0.05) is 40.9 Å². The molecule has 0 unspecified atom stereocenters. The van der Waals surface area contributed by atoms with Crippen molar-refractivity contribution in [3.8, 4) is 0 Å². The molecule has 1 heterocycles. The highest BCUT2D eigenvalue weighted by Gasteiger charge is 2.31. The molecule has 1 aliphatic rings. The fourth-order valence-corrected chi connectivity index (χ4v) is 3.52. The Hall–Kier alpha value is -1.22. The first-order chi connectivity index (χ1) is 10.6. The van der Waals surface area contributed by atoms with E-state index in [0.717, 1.165) is 24.1 Å². The van der Waals surface area contributed by atoms with E-state index < -0.39 is 0 Å². The molecule has 0 spiro atoms. The summed E-state index contributed by atoms with van der Waals surface area (Å²) in [6, 6.07) is 12.7. The lowest BCUT2D eigenvalue weighted by Crippen LogP contribution is -2.38. The van der Waals surface area contributed by atoms with Crippen LogP contribution in [0.4, 0.5) is 5.69 Å². The van der Waals surface area contributed by atoms with Gasteiger partial charge in [-0.25, -0.2) is 0 Å². The Morgan fingerprint density at radius 1 is 0.955 bits per heavy atom. The van der Waals surface area contributed by atoms with Crippen LogP contribution in [0.3, 0.4) is 0 Å². The van der Waals surface area contributed by atoms with E-state index in [1.165, 1.54) is 0 Å². The van der Waals surface area contributed by atoms with Gasteiger partial charge in [0.1, 0.15) is 0 Å². The highest BCUT2D eigenvalue weighted by molar-refractivity contribution is 6.35. The molecule has 3 rings (SSSR count). The zero-order valence-electron chi connectivity index (χ0n) is 11.7. The molecule has 0 N–H and O–H groups in total. The Bertz CT molecular complexity index is 700. The molecule has 22 heavy (non-hydrogen) atoms. The molecule has 1 saturated heterocycles. The standard InChI is InChI=1S/C17H14Cl3NO/c18-11-4-7-13(8-5-11)21-16(2-1-3-17(21)22)14-9-6-12(19)10-15(14)20/h4-10,16H,1-3H2/t16-/m1/s1. The number of amides is 1. The molecule has 2 aromatic rings. The molecular formula is C17H14Cl3NO. The van der Waals surface area contributed by atoms with Crippen molar-refractivity contribution in [3.63, 3.8) is 0 Å². The van der Waals surface area contributed by atoms with Crippen molar-refractivity contribution in [2.45, 2.75) is 25.3 Å². The molecule has 0 radical (unpaired) electrons. The maximum absolute atomic E-state index is 12.5. The topological polar surface area (TPSA) is 20.3 Å². The van der Waals surface area contributed by atoms with E-state index in [0.29, 0.717) is 21.5 Å². The first-order valence-electron chi connectivity index (χ1n) is 7.09. The molecule has 1 fully saturated rings. The van der Waals surface area contributed by atoms with Crippen LogP contribution in [0.15, 0.2) is 42.5 Å². The number of anilines is 1. The van der Waals surface area contributed by atoms with Crippen LogP contribution in [-0.2, 0) is 4.79 Å². The summed E-state index contributed by atoms with van der Waals surface area (Å²) in [5, 5.41) is 1.83. The number of rotatable bonds is 2. The van der Waals surface area contributed by atoms with Crippen LogP contribution >= 0.6 is 34.8 Å². The van der Waals surface area contributed by atoms with Gasteiger partial charge in [0.05, 0.1) is 6.04 Å². The summed E-state index contributed by atoms with van der Waals surface area (Å²) < 4.78 is 0. The molecule has 0 bridgehead atoms. The van der Waals surface area contributed by atoms with E-state index in [1.807, 2.05) is 29.2 Å². The zero-order valence-corrected chi connectivity index (χ0v) is 14.0. The first-order valence-corrected chi connectivity index (χ1v) is 8.22. The Kier molecular flexibility index (Phi) is 4.62. The highest BCUT2D eigenvalue weighted by atomic mass is 35.5. The number of halogens is 3. The van der Waals surface area contributed by atoms with Crippen molar-refractivity contribution in [1.82, 2.24) is 0 Å². The molecule has 0 aromatic heterocycles. The molecule has 0 saturated carbocycles. The third-order valence-corrected chi connectivity index (χ3v) is 4.69. The summed E-state index contributed by atoms with van der Waals surface area (Å²) in [7, 11) is 0. The summed E-state index contributed by atoms with van der Waals surface area (Å²) in [5.41, 5.74) is 1.76. The van der Waals surface area contributed by atoms with E-state index in [2.05, 4.69) is 0 Å². The second-order valence-corrected chi connectivity index (χ2v) is 6.59. The molecule has 1 atom stereocenters. The lowest BCUT2D eigenvalue weighted by atomic mass is 9.94. The van der Waals surface area contributed by atoms with Gasteiger partial charge in [-0.15, -0.1) is 0 Å². The van der Waals surface area contributed by atoms with Crippen molar-refractivity contribution in [1.29, 1.82) is 0 Å². The van der Waals surface area contributed by atoms with Gasteiger partial charge in [0.25, 0.3) is 0 Å². The van der Waals surface area contributed by atoms with Crippen molar-refractivity contribution < 1.29 is 4.79 Å². The number of carbonyl (C=O) groups excluding carboxylic acids is 1. The number of piperidine rings is 1. The van der Waals surface area contributed by atoms with Crippen molar-refractivity contribution in [2.75, 3.05) is 4.90 Å². The van der Waals surface area contributed by atoms with Crippen LogP contribution in [0, 0.1) is 0 Å². The Balaban J connectivity index is 2.03. The molecular weight excluding hydrogens is 341 g/mol. The fraction of sp³-hybridized carbons (Fsp3) is 0.235.